The maximum atomic E-state index is 11.2. The van der Waals surface area contributed by atoms with E-state index in [0.717, 1.165) is 0 Å². The molecule has 0 fully saturated rings. The lowest BCUT2D eigenvalue weighted by atomic mass is 10.0. The molecule has 16 heavy (non-hydrogen) atoms. The fourth-order valence-corrected chi connectivity index (χ4v) is 1.56. The SMILES string of the molecule is CC(=O)Oc1cccc2c1OC(=O)CC2O. The molecule has 5 heteroatoms. The summed E-state index contributed by atoms with van der Waals surface area (Å²) >= 11 is 0. The van der Waals surface area contributed by atoms with E-state index in [0.29, 0.717) is 5.56 Å². The van der Waals surface area contributed by atoms with E-state index in [1.165, 1.54) is 13.0 Å². The van der Waals surface area contributed by atoms with Crippen LogP contribution in [0.15, 0.2) is 18.2 Å². The van der Waals surface area contributed by atoms with Gasteiger partial charge in [-0.05, 0) is 6.07 Å². The molecular weight excluding hydrogens is 212 g/mol. The number of aliphatic hydroxyl groups excluding tert-OH is 1. The Kier molecular flexibility index (Phi) is 2.62. The first-order valence-corrected chi connectivity index (χ1v) is 4.78. The van der Waals surface area contributed by atoms with Gasteiger partial charge in [0.25, 0.3) is 0 Å². The first-order chi connectivity index (χ1) is 7.58. The molecular formula is C11H10O5. The van der Waals surface area contributed by atoms with Gasteiger partial charge in [0, 0.05) is 12.5 Å². The third-order valence-corrected chi connectivity index (χ3v) is 2.20. The van der Waals surface area contributed by atoms with Crippen molar-refractivity contribution in [1.29, 1.82) is 0 Å². The molecule has 0 spiro atoms. The summed E-state index contributed by atoms with van der Waals surface area (Å²) in [5, 5.41) is 9.65. The van der Waals surface area contributed by atoms with E-state index >= 15 is 0 Å². The van der Waals surface area contributed by atoms with Crippen molar-refractivity contribution in [1.82, 2.24) is 0 Å². The molecule has 1 heterocycles. The average molecular weight is 222 g/mol. The number of rotatable bonds is 1. The summed E-state index contributed by atoms with van der Waals surface area (Å²) in [5.74, 6) is -0.775. The molecule has 1 N–H and O–H groups in total. The molecule has 1 unspecified atom stereocenters. The highest BCUT2D eigenvalue weighted by molar-refractivity contribution is 5.79. The second-order valence-electron chi connectivity index (χ2n) is 3.46. The lowest BCUT2D eigenvalue weighted by Crippen LogP contribution is -2.21. The summed E-state index contributed by atoms with van der Waals surface area (Å²) in [6, 6.07) is 4.75. The highest BCUT2D eigenvalue weighted by atomic mass is 16.6. The van der Waals surface area contributed by atoms with Crippen LogP contribution >= 0.6 is 0 Å². The van der Waals surface area contributed by atoms with Gasteiger partial charge in [-0.1, -0.05) is 12.1 Å². The van der Waals surface area contributed by atoms with Crippen LogP contribution in [-0.4, -0.2) is 17.0 Å². The van der Waals surface area contributed by atoms with Crippen molar-refractivity contribution >= 4 is 11.9 Å². The lowest BCUT2D eigenvalue weighted by molar-refractivity contribution is -0.139. The summed E-state index contributed by atoms with van der Waals surface area (Å²) in [5.41, 5.74) is 0.457. The second kappa shape index (κ2) is 3.94. The van der Waals surface area contributed by atoms with Gasteiger partial charge < -0.3 is 14.6 Å². The molecule has 1 aromatic rings. The van der Waals surface area contributed by atoms with Crippen LogP contribution in [0.3, 0.4) is 0 Å². The lowest BCUT2D eigenvalue weighted by Gasteiger charge is -2.21. The van der Waals surface area contributed by atoms with Crippen molar-refractivity contribution in [2.45, 2.75) is 19.4 Å². The number of benzene rings is 1. The molecule has 0 aliphatic carbocycles. The van der Waals surface area contributed by atoms with Gasteiger partial charge in [-0.25, -0.2) is 0 Å². The largest absolute Gasteiger partial charge is 0.423 e. The van der Waals surface area contributed by atoms with Gasteiger partial charge in [0.2, 0.25) is 0 Å². The molecule has 5 nitrogen and oxygen atoms in total. The van der Waals surface area contributed by atoms with Crippen LogP contribution in [0, 0.1) is 0 Å². The third kappa shape index (κ3) is 1.90. The number of carbonyl (C=O) groups is 2. The summed E-state index contributed by atoms with van der Waals surface area (Å²) in [6.45, 7) is 1.25. The maximum absolute atomic E-state index is 11.2. The first kappa shape index (κ1) is 10.6. The van der Waals surface area contributed by atoms with Gasteiger partial charge in [-0.3, -0.25) is 9.59 Å². The Morgan fingerprint density at radius 2 is 2.31 bits per heavy atom. The number of fused-ring (bicyclic) bond motifs is 1. The molecule has 84 valence electrons. The summed E-state index contributed by atoms with van der Waals surface area (Å²) < 4.78 is 9.84. The molecule has 0 radical (unpaired) electrons. The van der Waals surface area contributed by atoms with E-state index in [1.54, 1.807) is 12.1 Å². The second-order valence-corrected chi connectivity index (χ2v) is 3.46. The Balaban J connectivity index is 2.45. The van der Waals surface area contributed by atoms with Crippen molar-refractivity contribution in [2.75, 3.05) is 0 Å². The highest BCUT2D eigenvalue weighted by Crippen LogP contribution is 2.39. The van der Waals surface area contributed by atoms with Crippen LogP contribution in [0.1, 0.15) is 25.0 Å². The predicted octanol–water partition coefficient (Wildman–Crippen LogP) is 0.954. The number of esters is 2. The molecule has 0 amide bonds. The molecule has 2 rings (SSSR count). The number of hydrogen-bond acceptors (Lipinski definition) is 5. The zero-order chi connectivity index (χ0) is 11.7. The Hall–Kier alpha value is -1.88. The van der Waals surface area contributed by atoms with Crippen LogP contribution in [0.5, 0.6) is 11.5 Å². The zero-order valence-electron chi connectivity index (χ0n) is 8.60. The monoisotopic (exact) mass is 222 g/mol. The molecule has 1 atom stereocenters. The molecule has 1 aliphatic heterocycles. The highest BCUT2D eigenvalue weighted by Gasteiger charge is 2.28. The third-order valence-electron chi connectivity index (χ3n) is 2.20. The van der Waals surface area contributed by atoms with E-state index < -0.39 is 18.0 Å². The van der Waals surface area contributed by atoms with Gasteiger partial charge >= 0.3 is 11.9 Å². The van der Waals surface area contributed by atoms with Gasteiger partial charge in [0.1, 0.15) is 0 Å². The van der Waals surface area contributed by atoms with Crippen molar-refractivity contribution in [3.05, 3.63) is 23.8 Å². The molecule has 1 aliphatic rings. The smallest absolute Gasteiger partial charge is 0.314 e. The van der Waals surface area contributed by atoms with Gasteiger partial charge in [-0.15, -0.1) is 0 Å². The molecule has 0 saturated carbocycles. The molecule has 0 saturated heterocycles. The first-order valence-electron chi connectivity index (χ1n) is 4.78. The molecule has 0 aromatic heterocycles. The quantitative estimate of drug-likeness (QED) is 0.565. The van der Waals surface area contributed by atoms with Crippen molar-refractivity contribution < 1.29 is 24.2 Å². The molecule has 0 bridgehead atoms. The van der Waals surface area contributed by atoms with Crippen LogP contribution < -0.4 is 9.47 Å². The number of hydrogen-bond donors (Lipinski definition) is 1. The summed E-state index contributed by atoms with van der Waals surface area (Å²) in [4.78, 5) is 22.0. The Bertz CT molecular complexity index is 452. The van der Waals surface area contributed by atoms with Gasteiger partial charge in [-0.2, -0.15) is 0 Å². The Labute approximate surface area is 91.6 Å². The van der Waals surface area contributed by atoms with Crippen LogP contribution in [0.2, 0.25) is 0 Å². The van der Waals surface area contributed by atoms with E-state index in [1.807, 2.05) is 0 Å². The number of ether oxygens (including phenoxy) is 2. The normalized spacial score (nSPS) is 18.6. The number of aliphatic hydroxyl groups is 1. The van der Waals surface area contributed by atoms with Crippen LogP contribution in [-0.2, 0) is 9.59 Å². The number of para-hydroxylation sites is 1. The maximum Gasteiger partial charge on any atom is 0.314 e. The zero-order valence-corrected chi connectivity index (χ0v) is 8.60. The van der Waals surface area contributed by atoms with Crippen LogP contribution in [0.25, 0.3) is 0 Å². The minimum Gasteiger partial charge on any atom is -0.423 e. The fourth-order valence-electron chi connectivity index (χ4n) is 1.56. The number of carbonyl (C=O) groups excluding carboxylic acids is 2. The van der Waals surface area contributed by atoms with Crippen LogP contribution in [0.4, 0.5) is 0 Å². The Morgan fingerprint density at radius 1 is 1.56 bits per heavy atom. The predicted molar refractivity (Wildman–Crippen MR) is 53.0 cm³/mol. The topological polar surface area (TPSA) is 72.8 Å². The van der Waals surface area contributed by atoms with Crippen molar-refractivity contribution in [2.24, 2.45) is 0 Å². The van der Waals surface area contributed by atoms with Gasteiger partial charge in [0.05, 0.1) is 12.5 Å². The Morgan fingerprint density at radius 3 is 3.00 bits per heavy atom. The van der Waals surface area contributed by atoms with Crippen molar-refractivity contribution in [3.8, 4) is 11.5 Å². The average Bonchev–Trinajstić information content (AvgIpc) is 2.18. The molecule has 1 aromatic carbocycles. The van der Waals surface area contributed by atoms with Gasteiger partial charge in [0.15, 0.2) is 11.5 Å². The minimum absolute atomic E-state index is 0.0868. The van der Waals surface area contributed by atoms with E-state index in [2.05, 4.69) is 0 Å². The summed E-state index contributed by atoms with van der Waals surface area (Å²) in [7, 11) is 0. The fraction of sp³-hybridized carbons (Fsp3) is 0.273. The van der Waals surface area contributed by atoms with Crippen molar-refractivity contribution in [3.63, 3.8) is 0 Å². The minimum atomic E-state index is -0.910. The van der Waals surface area contributed by atoms with E-state index in [4.69, 9.17) is 9.47 Å². The van der Waals surface area contributed by atoms with E-state index in [-0.39, 0.29) is 17.9 Å². The summed E-state index contributed by atoms with van der Waals surface area (Å²) in [6.07, 6.45) is -0.997. The standard InChI is InChI=1S/C11H10O5/c1-6(12)15-9-4-2-3-7-8(13)5-10(14)16-11(7)9/h2-4,8,13H,5H2,1H3. The van der Waals surface area contributed by atoms with E-state index in [9.17, 15) is 14.7 Å².